The third kappa shape index (κ3) is 4.93. The van der Waals surface area contributed by atoms with E-state index in [1.807, 2.05) is 30.3 Å². The molecule has 2 aromatic carbocycles. The fraction of sp³-hybridized carbons (Fsp3) is 0.0556. The molecule has 0 saturated heterocycles. The maximum absolute atomic E-state index is 12.0. The van der Waals surface area contributed by atoms with Crippen molar-refractivity contribution in [1.29, 1.82) is 0 Å². The Kier molecular flexibility index (Phi) is 5.82. The highest BCUT2D eigenvalue weighted by atomic mass is 16.5. The third-order valence-corrected chi connectivity index (χ3v) is 2.95. The number of methoxy groups -OCH3 is 1. The average molecular weight is 308 g/mol. The van der Waals surface area contributed by atoms with E-state index in [1.165, 1.54) is 6.08 Å². The lowest BCUT2D eigenvalue weighted by atomic mass is 10.2. The summed E-state index contributed by atoms with van der Waals surface area (Å²) in [5.41, 5.74) is 1.29. The largest absolute Gasteiger partial charge is 0.513 e. The van der Waals surface area contributed by atoms with Crippen LogP contribution in [-0.2, 0) is 4.79 Å². The first-order valence-electron chi connectivity index (χ1n) is 6.90. The van der Waals surface area contributed by atoms with Crippen LogP contribution in [0, 0.1) is 0 Å². The molecule has 5 heteroatoms. The van der Waals surface area contributed by atoms with E-state index in [1.54, 1.807) is 37.5 Å². The maximum atomic E-state index is 12.0. The second kappa shape index (κ2) is 8.29. The Bertz CT molecular complexity index is 733. The Morgan fingerprint density at radius 3 is 2.39 bits per heavy atom. The minimum Gasteiger partial charge on any atom is -0.513 e. The highest BCUT2D eigenvalue weighted by molar-refractivity contribution is 6.05. The van der Waals surface area contributed by atoms with Gasteiger partial charge in [0, 0.05) is 0 Å². The molecule has 2 rings (SSSR count). The number of aliphatic hydroxyl groups excluding tert-OH is 1. The lowest BCUT2D eigenvalue weighted by molar-refractivity contribution is -0.111. The van der Waals surface area contributed by atoms with Crippen molar-refractivity contribution in [3.63, 3.8) is 0 Å². The predicted octanol–water partition coefficient (Wildman–Crippen LogP) is 4.46. The van der Waals surface area contributed by atoms with Crippen molar-refractivity contribution in [2.24, 2.45) is 10.2 Å². The van der Waals surface area contributed by atoms with Gasteiger partial charge in [0.1, 0.15) is 12.0 Å². The molecule has 116 valence electrons. The zero-order chi connectivity index (χ0) is 16.5. The fourth-order valence-electron chi connectivity index (χ4n) is 1.72. The van der Waals surface area contributed by atoms with E-state index in [9.17, 15) is 4.79 Å². The van der Waals surface area contributed by atoms with Gasteiger partial charge in [-0.25, -0.2) is 0 Å². The number of hydrogen-bond donors (Lipinski definition) is 1. The quantitative estimate of drug-likeness (QED) is 0.486. The van der Waals surface area contributed by atoms with E-state index < -0.39 is 5.78 Å². The number of carbonyl (C=O) groups is 1. The lowest BCUT2D eigenvalue weighted by Crippen LogP contribution is -1.95. The highest BCUT2D eigenvalue weighted by Gasteiger charge is 2.05. The summed E-state index contributed by atoms with van der Waals surface area (Å²) in [6, 6.07) is 16.2. The number of rotatable bonds is 6. The van der Waals surface area contributed by atoms with Crippen LogP contribution in [0.5, 0.6) is 5.75 Å². The van der Waals surface area contributed by atoms with Crippen LogP contribution in [0.3, 0.4) is 0 Å². The molecule has 0 fully saturated rings. The van der Waals surface area contributed by atoms with E-state index in [-0.39, 0.29) is 5.70 Å². The zero-order valence-electron chi connectivity index (χ0n) is 12.6. The minimum atomic E-state index is -0.442. The van der Waals surface area contributed by atoms with E-state index in [0.29, 0.717) is 11.9 Å². The van der Waals surface area contributed by atoms with Crippen molar-refractivity contribution in [3.8, 4) is 5.75 Å². The summed E-state index contributed by atoms with van der Waals surface area (Å²) in [5.74, 6) is 0.295. The monoisotopic (exact) mass is 308 g/mol. The standard InChI is InChI=1S/C18H16N2O3/c1-23-16-10-7-14(8-11-16)9-12-18(22)17(13-21)20-19-15-5-3-2-4-6-15/h2-13,21H,1H3/b12-9+,17-13-,20-19?. The molecule has 5 nitrogen and oxygen atoms in total. The van der Waals surface area contributed by atoms with Gasteiger partial charge in [0.05, 0.1) is 12.8 Å². The highest BCUT2D eigenvalue weighted by Crippen LogP contribution is 2.14. The molecule has 0 aliphatic rings. The summed E-state index contributed by atoms with van der Waals surface area (Å²) in [7, 11) is 1.59. The second-order valence-corrected chi connectivity index (χ2v) is 4.52. The number of carbonyl (C=O) groups excluding carboxylic acids is 1. The third-order valence-electron chi connectivity index (χ3n) is 2.95. The van der Waals surface area contributed by atoms with E-state index in [2.05, 4.69) is 10.2 Å². The van der Waals surface area contributed by atoms with E-state index >= 15 is 0 Å². The second-order valence-electron chi connectivity index (χ2n) is 4.52. The summed E-state index contributed by atoms with van der Waals surface area (Å²) in [6.07, 6.45) is 3.60. The Morgan fingerprint density at radius 1 is 1.09 bits per heavy atom. The Balaban J connectivity index is 2.05. The van der Waals surface area contributed by atoms with Gasteiger partial charge in [-0.15, -0.1) is 5.11 Å². The molecule has 0 saturated carbocycles. The molecule has 0 aliphatic carbocycles. The topological polar surface area (TPSA) is 71.2 Å². The Hall–Kier alpha value is -3.21. The fourth-order valence-corrected chi connectivity index (χ4v) is 1.72. The molecule has 0 aliphatic heterocycles. The summed E-state index contributed by atoms with van der Waals surface area (Å²) in [4.78, 5) is 12.0. The molecular formula is C18H16N2O3. The predicted molar refractivity (Wildman–Crippen MR) is 88.7 cm³/mol. The van der Waals surface area contributed by atoms with Crippen LogP contribution in [0.15, 0.2) is 82.9 Å². The number of hydrogen-bond acceptors (Lipinski definition) is 5. The van der Waals surface area contributed by atoms with Crippen molar-refractivity contribution >= 4 is 17.5 Å². The summed E-state index contributed by atoms with van der Waals surface area (Å²) in [5, 5.41) is 16.8. The SMILES string of the molecule is COc1ccc(/C=C/C(=O)/C(=C/O)N=Nc2ccccc2)cc1. The number of nitrogens with zero attached hydrogens (tertiary/aromatic N) is 2. The first-order valence-corrected chi connectivity index (χ1v) is 6.90. The Labute approximate surface area is 134 Å². The van der Waals surface area contributed by atoms with Gasteiger partial charge in [0.25, 0.3) is 0 Å². The molecule has 1 N–H and O–H groups in total. The van der Waals surface area contributed by atoms with Gasteiger partial charge in [0.15, 0.2) is 5.70 Å². The van der Waals surface area contributed by atoms with Crippen LogP contribution in [0.1, 0.15) is 5.56 Å². The van der Waals surface area contributed by atoms with Crippen molar-refractivity contribution in [2.75, 3.05) is 7.11 Å². The van der Waals surface area contributed by atoms with Crippen LogP contribution in [0.4, 0.5) is 5.69 Å². The van der Waals surface area contributed by atoms with Crippen LogP contribution >= 0.6 is 0 Å². The normalized spacial score (nSPS) is 12.0. The zero-order valence-corrected chi connectivity index (χ0v) is 12.6. The van der Waals surface area contributed by atoms with Gasteiger partial charge in [0.2, 0.25) is 5.78 Å². The van der Waals surface area contributed by atoms with Crippen molar-refractivity contribution in [3.05, 3.63) is 78.2 Å². The van der Waals surface area contributed by atoms with Gasteiger partial charge in [-0.1, -0.05) is 36.4 Å². The van der Waals surface area contributed by atoms with Gasteiger partial charge < -0.3 is 9.84 Å². The molecule has 0 atom stereocenters. The maximum Gasteiger partial charge on any atom is 0.209 e. The molecular weight excluding hydrogens is 292 g/mol. The first kappa shape index (κ1) is 16.2. The summed E-state index contributed by atoms with van der Waals surface area (Å²) in [6.45, 7) is 0. The number of benzene rings is 2. The van der Waals surface area contributed by atoms with Crippen molar-refractivity contribution in [1.82, 2.24) is 0 Å². The van der Waals surface area contributed by atoms with Gasteiger partial charge in [-0.3, -0.25) is 4.79 Å². The van der Waals surface area contributed by atoms with Gasteiger partial charge >= 0.3 is 0 Å². The number of ketones is 1. The molecule has 0 radical (unpaired) electrons. The number of allylic oxidation sites excluding steroid dienone is 1. The first-order chi connectivity index (χ1) is 11.2. The van der Waals surface area contributed by atoms with Crippen LogP contribution in [0.2, 0.25) is 0 Å². The smallest absolute Gasteiger partial charge is 0.209 e. The Morgan fingerprint density at radius 2 is 1.78 bits per heavy atom. The molecule has 0 unspecified atom stereocenters. The minimum absolute atomic E-state index is 0.140. The lowest BCUT2D eigenvalue weighted by Gasteiger charge is -1.99. The number of aliphatic hydroxyl groups is 1. The summed E-state index contributed by atoms with van der Waals surface area (Å²) >= 11 is 0. The molecule has 0 spiro atoms. The van der Waals surface area contributed by atoms with Crippen molar-refractivity contribution in [2.45, 2.75) is 0 Å². The number of azo groups is 1. The molecule has 0 heterocycles. The van der Waals surface area contributed by atoms with Crippen LogP contribution in [0.25, 0.3) is 6.08 Å². The number of ether oxygens (including phenoxy) is 1. The molecule has 0 bridgehead atoms. The molecule has 0 amide bonds. The molecule has 2 aromatic rings. The van der Waals surface area contributed by atoms with E-state index in [4.69, 9.17) is 9.84 Å². The van der Waals surface area contributed by atoms with Gasteiger partial charge in [-0.05, 0) is 35.9 Å². The molecule has 0 aromatic heterocycles. The van der Waals surface area contributed by atoms with Crippen LogP contribution in [-0.4, -0.2) is 18.0 Å². The summed E-state index contributed by atoms with van der Waals surface area (Å²) < 4.78 is 5.06. The van der Waals surface area contributed by atoms with Gasteiger partial charge in [-0.2, -0.15) is 5.11 Å². The molecule has 23 heavy (non-hydrogen) atoms. The average Bonchev–Trinajstić information content (AvgIpc) is 2.61. The van der Waals surface area contributed by atoms with E-state index in [0.717, 1.165) is 11.3 Å². The van der Waals surface area contributed by atoms with Crippen LogP contribution < -0.4 is 4.74 Å². The van der Waals surface area contributed by atoms with Crippen molar-refractivity contribution < 1.29 is 14.6 Å².